The molecule has 8 heteroatoms. The van der Waals surface area contributed by atoms with E-state index in [1.807, 2.05) is 0 Å². The lowest BCUT2D eigenvalue weighted by Crippen LogP contribution is -2.32. The number of hydrogen-bond acceptors (Lipinski definition) is 4. The van der Waals surface area contributed by atoms with Gasteiger partial charge in [0, 0.05) is 18.0 Å². The fraction of sp³-hybridized carbons (Fsp3) is 0.421. The summed E-state index contributed by atoms with van der Waals surface area (Å²) in [6, 6.07) is 3.53. The van der Waals surface area contributed by atoms with E-state index in [0.717, 1.165) is 50.3 Å². The van der Waals surface area contributed by atoms with Crippen LogP contribution in [0.15, 0.2) is 18.2 Å². The van der Waals surface area contributed by atoms with Crippen LogP contribution in [-0.2, 0) is 12.8 Å². The normalized spacial score (nSPS) is 16.1. The number of nitrogens with zero attached hydrogens (tertiary/aromatic N) is 2. The van der Waals surface area contributed by atoms with Gasteiger partial charge in [0.25, 0.3) is 5.91 Å². The van der Waals surface area contributed by atoms with Crippen molar-refractivity contribution in [3.63, 3.8) is 0 Å². The summed E-state index contributed by atoms with van der Waals surface area (Å²) in [6.07, 6.45) is 6.11. The number of carbonyl (C=O) groups is 2. The van der Waals surface area contributed by atoms with Crippen molar-refractivity contribution >= 4 is 34.1 Å². The Morgan fingerprint density at radius 3 is 2.63 bits per heavy atom. The van der Waals surface area contributed by atoms with Crippen molar-refractivity contribution in [1.29, 1.82) is 0 Å². The molecule has 4 rings (SSSR count). The maximum Gasteiger partial charge on any atom is 0.321 e. The molecule has 2 aliphatic rings. The number of carbonyl (C=O) groups excluding carboxylic acids is 2. The number of anilines is 2. The molecule has 2 N–H and O–H groups in total. The largest absolute Gasteiger partial charge is 0.325 e. The van der Waals surface area contributed by atoms with E-state index in [1.54, 1.807) is 4.90 Å². The molecule has 2 heterocycles. The summed E-state index contributed by atoms with van der Waals surface area (Å²) in [5.41, 5.74) is 1.44. The van der Waals surface area contributed by atoms with Gasteiger partial charge in [-0.05, 0) is 56.7 Å². The van der Waals surface area contributed by atoms with E-state index in [1.165, 1.54) is 28.3 Å². The third-order valence-electron chi connectivity index (χ3n) is 4.93. The molecule has 1 fully saturated rings. The van der Waals surface area contributed by atoms with Gasteiger partial charge >= 0.3 is 6.03 Å². The smallest absolute Gasteiger partial charge is 0.321 e. The number of aromatic nitrogens is 1. The number of benzene rings is 1. The zero-order chi connectivity index (χ0) is 18.8. The fourth-order valence-electron chi connectivity index (χ4n) is 3.50. The SMILES string of the molecule is O=C(Nc1nc2c(s1)CCCC2)c1cc(F)ccc1NC(=O)N1CCCC1. The van der Waals surface area contributed by atoms with Crippen molar-refractivity contribution < 1.29 is 14.0 Å². The number of thiazole rings is 1. The van der Waals surface area contributed by atoms with Crippen LogP contribution in [-0.4, -0.2) is 34.9 Å². The third kappa shape index (κ3) is 3.95. The second-order valence-corrected chi connectivity index (χ2v) is 7.95. The molecular formula is C19H21FN4O2S. The van der Waals surface area contributed by atoms with Crippen LogP contribution in [0.5, 0.6) is 0 Å². The van der Waals surface area contributed by atoms with Crippen molar-refractivity contribution in [3.8, 4) is 0 Å². The standard InChI is InChI=1S/C19H21FN4O2S/c20-12-7-8-14(22-19(26)24-9-3-4-10-24)13(11-12)17(25)23-18-21-15-5-1-2-6-16(15)27-18/h7-8,11H,1-6,9-10H2,(H,22,26)(H,21,23,25). The first-order chi connectivity index (χ1) is 13.1. The van der Waals surface area contributed by atoms with Gasteiger partial charge in [-0.3, -0.25) is 10.1 Å². The van der Waals surface area contributed by atoms with Gasteiger partial charge in [0.15, 0.2) is 5.13 Å². The van der Waals surface area contributed by atoms with Crippen LogP contribution in [0.25, 0.3) is 0 Å². The lowest BCUT2D eigenvalue weighted by molar-refractivity contribution is 0.102. The molecule has 0 atom stereocenters. The summed E-state index contributed by atoms with van der Waals surface area (Å²) >= 11 is 1.47. The molecule has 1 aromatic heterocycles. The zero-order valence-corrected chi connectivity index (χ0v) is 15.7. The minimum Gasteiger partial charge on any atom is -0.325 e. The van der Waals surface area contributed by atoms with Crippen molar-refractivity contribution in [3.05, 3.63) is 40.2 Å². The highest BCUT2D eigenvalue weighted by Crippen LogP contribution is 2.30. The van der Waals surface area contributed by atoms with E-state index in [2.05, 4.69) is 15.6 Å². The Morgan fingerprint density at radius 2 is 1.85 bits per heavy atom. The van der Waals surface area contributed by atoms with Gasteiger partial charge in [-0.15, -0.1) is 11.3 Å². The Labute approximate surface area is 160 Å². The maximum absolute atomic E-state index is 13.8. The van der Waals surface area contributed by atoms with Gasteiger partial charge in [-0.1, -0.05) is 0 Å². The molecule has 6 nitrogen and oxygen atoms in total. The molecule has 2 aromatic rings. The number of halogens is 1. The van der Waals surface area contributed by atoms with Crippen LogP contribution in [0.2, 0.25) is 0 Å². The number of amides is 3. The summed E-state index contributed by atoms with van der Waals surface area (Å²) in [6.45, 7) is 1.39. The highest BCUT2D eigenvalue weighted by molar-refractivity contribution is 7.15. The number of aryl methyl sites for hydroxylation is 2. The van der Waals surface area contributed by atoms with Crippen molar-refractivity contribution in [1.82, 2.24) is 9.88 Å². The van der Waals surface area contributed by atoms with E-state index in [4.69, 9.17) is 0 Å². The monoisotopic (exact) mass is 388 g/mol. The number of fused-ring (bicyclic) bond motifs is 1. The summed E-state index contributed by atoms with van der Waals surface area (Å²) in [4.78, 5) is 32.5. The molecule has 1 aliphatic heterocycles. The summed E-state index contributed by atoms with van der Waals surface area (Å²) < 4.78 is 13.8. The summed E-state index contributed by atoms with van der Waals surface area (Å²) in [5.74, 6) is -1.00. The van der Waals surface area contributed by atoms with E-state index < -0.39 is 11.7 Å². The first-order valence-electron chi connectivity index (χ1n) is 9.25. The molecule has 142 valence electrons. The fourth-order valence-corrected chi connectivity index (χ4v) is 4.54. The van der Waals surface area contributed by atoms with Crippen LogP contribution in [0, 0.1) is 5.82 Å². The Kier molecular flexibility index (Phi) is 5.07. The van der Waals surface area contributed by atoms with Gasteiger partial charge in [-0.2, -0.15) is 0 Å². The lowest BCUT2D eigenvalue weighted by atomic mass is 10.0. The second kappa shape index (κ2) is 7.64. The Hall–Kier alpha value is -2.48. The predicted molar refractivity (Wildman–Crippen MR) is 103 cm³/mol. The molecule has 3 amide bonds. The molecule has 0 spiro atoms. The quantitative estimate of drug-likeness (QED) is 0.833. The average molecular weight is 388 g/mol. The molecule has 0 saturated carbocycles. The Balaban J connectivity index is 1.52. The van der Waals surface area contributed by atoms with Crippen LogP contribution < -0.4 is 10.6 Å². The molecule has 0 bridgehead atoms. The first kappa shape index (κ1) is 17.9. The topological polar surface area (TPSA) is 74.3 Å². The molecule has 0 unspecified atom stereocenters. The molecule has 1 aromatic carbocycles. The van der Waals surface area contributed by atoms with E-state index in [9.17, 15) is 14.0 Å². The molecular weight excluding hydrogens is 367 g/mol. The maximum atomic E-state index is 13.8. The zero-order valence-electron chi connectivity index (χ0n) is 14.9. The van der Waals surface area contributed by atoms with Crippen LogP contribution >= 0.6 is 11.3 Å². The number of hydrogen-bond donors (Lipinski definition) is 2. The van der Waals surface area contributed by atoms with E-state index in [-0.39, 0.29) is 11.6 Å². The van der Waals surface area contributed by atoms with E-state index in [0.29, 0.717) is 23.9 Å². The predicted octanol–water partition coefficient (Wildman–Crippen LogP) is 4.04. The van der Waals surface area contributed by atoms with Gasteiger partial charge < -0.3 is 10.2 Å². The number of rotatable bonds is 3. The number of urea groups is 1. The first-order valence-corrected chi connectivity index (χ1v) is 10.1. The molecule has 0 radical (unpaired) electrons. The van der Waals surface area contributed by atoms with Gasteiger partial charge in [0.05, 0.1) is 16.9 Å². The molecule has 1 aliphatic carbocycles. The van der Waals surface area contributed by atoms with Gasteiger partial charge in [0.2, 0.25) is 0 Å². The van der Waals surface area contributed by atoms with Crippen LogP contribution in [0.3, 0.4) is 0 Å². The minimum absolute atomic E-state index is 0.0933. The van der Waals surface area contributed by atoms with E-state index >= 15 is 0 Å². The van der Waals surface area contributed by atoms with Crippen LogP contribution in [0.4, 0.5) is 20.0 Å². The molecule has 27 heavy (non-hydrogen) atoms. The summed E-state index contributed by atoms with van der Waals surface area (Å²) in [5, 5.41) is 6.02. The minimum atomic E-state index is -0.530. The second-order valence-electron chi connectivity index (χ2n) is 6.86. The highest BCUT2D eigenvalue weighted by Gasteiger charge is 2.22. The van der Waals surface area contributed by atoms with Crippen molar-refractivity contribution in [2.45, 2.75) is 38.5 Å². The van der Waals surface area contributed by atoms with Gasteiger partial charge in [-0.25, -0.2) is 14.2 Å². The lowest BCUT2D eigenvalue weighted by Gasteiger charge is -2.17. The van der Waals surface area contributed by atoms with Crippen molar-refractivity contribution in [2.75, 3.05) is 23.7 Å². The highest BCUT2D eigenvalue weighted by atomic mass is 32.1. The van der Waals surface area contributed by atoms with Crippen molar-refractivity contribution in [2.24, 2.45) is 0 Å². The Bertz CT molecular complexity index is 853. The summed E-state index contributed by atoms with van der Waals surface area (Å²) in [7, 11) is 0. The number of likely N-dealkylation sites (tertiary alicyclic amines) is 1. The number of nitrogens with one attached hydrogen (secondary N) is 2. The average Bonchev–Trinajstić information content (AvgIpc) is 3.32. The third-order valence-corrected chi connectivity index (χ3v) is 6.00. The van der Waals surface area contributed by atoms with Gasteiger partial charge in [0.1, 0.15) is 5.82 Å². The van der Waals surface area contributed by atoms with Crippen LogP contribution in [0.1, 0.15) is 46.6 Å². The molecule has 1 saturated heterocycles. The Morgan fingerprint density at radius 1 is 1.07 bits per heavy atom.